The van der Waals surface area contributed by atoms with Gasteiger partial charge in [-0.1, -0.05) is 18.2 Å². The van der Waals surface area contributed by atoms with Crippen LogP contribution in [0.2, 0.25) is 0 Å². The molecular weight excluding hydrogens is 330 g/mol. The van der Waals surface area contributed by atoms with Gasteiger partial charge in [0.25, 0.3) is 5.91 Å². The highest BCUT2D eigenvalue weighted by Crippen LogP contribution is 2.27. The Morgan fingerprint density at radius 2 is 1.88 bits per heavy atom. The fourth-order valence-corrected chi connectivity index (χ4v) is 2.54. The Balaban J connectivity index is 1.50. The van der Waals surface area contributed by atoms with Crippen LogP contribution in [0, 0.1) is 0 Å². The second-order valence-electron chi connectivity index (χ2n) is 5.72. The van der Waals surface area contributed by atoms with Crippen molar-refractivity contribution < 1.29 is 9.53 Å². The molecule has 7 nitrogen and oxygen atoms in total. The SMILES string of the molecule is Cn1cc(C(=O)Nc2ccc(Oc3nncc4ccccc34)cc2)cn1. The van der Waals surface area contributed by atoms with E-state index in [-0.39, 0.29) is 5.91 Å². The number of rotatable bonds is 4. The number of hydrogen-bond donors (Lipinski definition) is 1. The molecule has 0 atom stereocenters. The van der Waals surface area contributed by atoms with E-state index in [9.17, 15) is 4.79 Å². The first-order chi connectivity index (χ1) is 12.7. The minimum absolute atomic E-state index is 0.216. The van der Waals surface area contributed by atoms with E-state index >= 15 is 0 Å². The molecular formula is C19H15N5O2. The quantitative estimate of drug-likeness (QED) is 0.613. The van der Waals surface area contributed by atoms with Crippen LogP contribution in [0.15, 0.2) is 67.1 Å². The van der Waals surface area contributed by atoms with E-state index in [0.29, 0.717) is 22.9 Å². The summed E-state index contributed by atoms with van der Waals surface area (Å²) in [6, 6.07) is 14.8. The van der Waals surface area contributed by atoms with Crippen LogP contribution in [0.3, 0.4) is 0 Å². The molecule has 1 amide bonds. The second-order valence-corrected chi connectivity index (χ2v) is 5.72. The van der Waals surface area contributed by atoms with Crippen LogP contribution in [0.4, 0.5) is 5.69 Å². The van der Waals surface area contributed by atoms with Gasteiger partial charge >= 0.3 is 0 Å². The van der Waals surface area contributed by atoms with Gasteiger partial charge in [0.15, 0.2) is 0 Å². The molecule has 128 valence electrons. The van der Waals surface area contributed by atoms with Crippen molar-refractivity contribution in [2.24, 2.45) is 7.05 Å². The first-order valence-electron chi connectivity index (χ1n) is 7.97. The minimum Gasteiger partial charge on any atom is -0.437 e. The number of ether oxygens (including phenoxy) is 1. The van der Waals surface area contributed by atoms with Crippen LogP contribution < -0.4 is 10.1 Å². The number of hydrogen-bond acceptors (Lipinski definition) is 5. The topological polar surface area (TPSA) is 81.9 Å². The van der Waals surface area contributed by atoms with E-state index in [1.165, 1.54) is 6.20 Å². The lowest BCUT2D eigenvalue weighted by atomic mass is 10.2. The van der Waals surface area contributed by atoms with Crippen LogP contribution in [0.25, 0.3) is 10.8 Å². The zero-order valence-electron chi connectivity index (χ0n) is 14.0. The van der Waals surface area contributed by atoms with E-state index < -0.39 is 0 Å². The molecule has 0 aliphatic rings. The minimum atomic E-state index is -0.216. The summed E-state index contributed by atoms with van der Waals surface area (Å²) in [6.07, 6.45) is 4.87. The lowest BCUT2D eigenvalue weighted by Gasteiger charge is -2.08. The van der Waals surface area contributed by atoms with Gasteiger partial charge in [0.05, 0.1) is 18.0 Å². The van der Waals surface area contributed by atoms with Gasteiger partial charge in [-0.2, -0.15) is 10.2 Å². The fourth-order valence-electron chi connectivity index (χ4n) is 2.54. The van der Waals surface area contributed by atoms with Crippen LogP contribution in [-0.4, -0.2) is 25.9 Å². The summed E-state index contributed by atoms with van der Waals surface area (Å²) in [5.41, 5.74) is 1.16. The van der Waals surface area contributed by atoms with Gasteiger partial charge in [-0.15, -0.1) is 5.10 Å². The predicted octanol–water partition coefficient (Wildman–Crippen LogP) is 3.41. The number of fused-ring (bicyclic) bond motifs is 1. The molecule has 0 aliphatic carbocycles. The molecule has 0 saturated heterocycles. The summed E-state index contributed by atoms with van der Waals surface area (Å²) in [4.78, 5) is 12.1. The molecule has 1 N–H and O–H groups in total. The molecule has 0 saturated carbocycles. The molecule has 2 aromatic carbocycles. The maximum atomic E-state index is 12.1. The maximum absolute atomic E-state index is 12.1. The Morgan fingerprint density at radius 3 is 2.65 bits per heavy atom. The number of aryl methyl sites for hydroxylation is 1. The summed E-state index contributed by atoms with van der Waals surface area (Å²) in [6.45, 7) is 0. The number of nitrogens with zero attached hydrogens (tertiary/aromatic N) is 4. The lowest BCUT2D eigenvalue weighted by molar-refractivity contribution is 0.102. The van der Waals surface area contributed by atoms with Crippen molar-refractivity contribution in [1.82, 2.24) is 20.0 Å². The molecule has 4 rings (SSSR count). The Labute approximate surface area is 149 Å². The Hall–Kier alpha value is -3.74. The molecule has 0 radical (unpaired) electrons. The zero-order valence-corrected chi connectivity index (χ0v) is 14.0. The Bertz CT molecular complexity index is 1070. The third-order valence-corrected chi connectivity index (χ3v) is 3.83. The standard InChI is InChI=1S/C19H15N5O2/c1-24-12-14(11-21-24)18(25)22-15-6-8-16(9-7-15)26-19-17-5-3-2-4-13(17)10-20-23-19/h2-12H,1H3,(H,22,25). The van der Waals surface area contributed by atoms with E-state index in [4.69, 9.17) is 4.74 Å². The number of amides is 1. The van der Waals surface area contributed by atoms with E-state index in [0.717, 1.165) is 10.8 Å². The number of carbonyl (C=O) groups is 1. The smallest absolute Gasteiger partial charge is 0.258 e. The van der Waals surface area contributed by atoms with Crippen molar-refractivity contribution in [3.05, 3.63) is 72.7 Å². The largest absolute Gasteiger partial charge is 0.437 e. The molecule has 26 heavy (non-hydrogen) atoms. The van der Waals surface area contributed by atoms with Crippen molar-refractivity contribution in [2.75, 3.05) is 5.32 Å². The van der Waals surface area contributed by atoms with Crippen LogP contribution >= 0.6 is 0 Å². The second kappa shape index (κ2) is 6.64. The highest BCUT2D eigenvalue weighted by Gasteiger charge is 2.09. The first-order valence-corrected chi connectivity index (χ1v) is 7.97. The third-order valence-electron chi connectivity index (χ3n) is 3.83. The van der Waals surface area contributed by atoms with Crippen LogP contribution in [0.1, 0.15) is 10.4 Å². The van der Waals surface area contributed by atoms with E-state index in [1.807, 2.05) is 24.3 Å². The van der Waals surface area contributed by atoms with Gasteiger partial charge in [0, 0.05) is 29.7 Å². The van der Waals surface area contributed by atoms with Gasteiger partial charge < -0.3 is 10.1 Å². The maximum Gasteiger partial charge on any atom is 0.258 e. The summed E-state index contributed by atoms with van der Waals surface area (Å²) in [7, 11) is 1.76. The molecule has 4 aromatic rings. The predicted molar refractivity (Wildman–Crippen MR) is 97.2 cm³/mol. The molecule has 0 fully saturated rings. The Kier molecular flexibility index (Phi) is 4.03. The molecule has 7 heteroatoms. The van der Waals surface area contributed by atoms with Gasteiger partial charge in [-0.25, -0.2) is 0 Å². The highest BCUT2D eigenvalue weighted by atomic mass is 16.5. The van der Waals surface area contributed by atoms with Crippen molar-refractivity contribution in [2.45, 2.75) is 0 Å². The lowest BCUT2D eigenvalue weighted by Crippen LogP contribution is -2.10. The molecule has 0 unspecified atom stereocenters. The van der Waals surface area contributed by atoms with E-state index in [1.54, 1.807) is 48.4 Å². The first kappa shape index (κ1) is 15.8. The molecule has 0 aliphatic heterocycles. The zero-order chi connectivity index (χ0) is 17.9. The monoisotopic (exact) mass is 345 g/mol. The third kappa shape index (κ3) is 3.23. The molecule has 2 aromatic heterocycles. The summed E-state index contributed by atoms with van der Waals surface area (Å²) in [5, 5.41) is 16.7. The average Bonchev–Trinajstić information content (AvgIpc) is 3.10. The summed E-state index contributed by atoms with van der Waals surface area (Å²) < 4.78 is 7.42. The van der Waals surface area contributed by atoms with Crippen molar-refractivity contribution >= 4 is 22.4 Å². The number of anilines is 1. The number of benzene rings is 2. The summed E-state index contributed by atoms with van der Waals surface area (Å²) in [5.74, 6) is 0.831. The normalized spacial score (nSPS) is 10.7. The van der Waals surface area contributed by atoms with Crippen LogP contribution in [0.5, 0.6) is 11.6 Å². The van der Waals surface area contributed by atoms with Gasteiger partial charge in [-0.05, 0) is 30.3 Å². The van der Waals surface area contributed by atoms with Gasteiger partial charge in [-0.3, -0.25) is 9.48 Å². The molecule has 2 heterocycles. The number of aromatic nitrogens is 4. The average molecular weight is 345 g/mol. The van der Waals surface area contributed by atoms with Gasteiger partial charge in [0.1, 0.15) is 5.75 Å². The Morgan fingerprint density at radius 1 is 1.08 bits per heavy atom. The highest BCUT2D eigenvalue weighted by molar-refractivity contribution is 6.03. The fraction of sp³-hybridized carbons (Fsp3) is 0.0526. The van der Waals surface area contributed by atoms with Crippen molar-refractivity contribution in [3.63, 3.8) is 0 Å². The summed E-state index contributed by atoms with van der Waals surface area (Å²) >= 11 is 0. The van der Waals surface area contributed by atoms with Crippen molar-refractivity contribution in [3.8, 4) is 11.6 Å². The number of nitrogens with one attached hydrogen (secondary N) is 1. The molecule has 0 spiro atoms. The van der Waals surface area contributed by atoms with Gasteiger partial charge in [0.2, 0.25) is 5.88 Å². The molecule has 0 bridgehead atoms. The van der Waals surface area contributed by atoms with E-state index in [2.05, 4.69) is 20.6 Å². The van der Waals surface area contributed by atoms with Crippen molar-refractivity contribution in [1.29, 1.82) is 0 Å². The number of carbonyl (C=O) groups excluding carboxylic acids is 1. The van der Waals surface area contributed by atoms with Crippen LogP contribution in [-0.2, 0) is 7.05 Å².